The highest BCUT2D eigenvalue weighted by Crippen LogP contribution is 2.29. The van der Waals surface area contributed by atoms with E-state index in [9.17, 15) is 9.90 Å². The van der Waals surface area contributed by atoms with Crippen molar-refractivity contribution in [3.05, 3.63) is 29.8 Å². The molecule has 18 heavy (non-hydrogen) atoms. The zero-order valence-corrected chi connectivity index (χ0v) is 10.5. The van der Waals surface area contributed by atoms with Crippen LogP contribution in [0.1, 0.15) is 31.2 Å². The minimum Gasteiger partial charge on any atom is -0.399 e. The number of aliphatic hydroxyl groups excluding tert-OH is 1. The molecule has 1 aromatic rings. The quantitative estimate of drug-likeness (QED) is 0.702. The molecular formula is C14H20N2O2. The smallest absolute Gasteiger partial charge is 0.224 e. The van der Waals surface area contributed by atoms with Gasteiger partial charge >= 0.3 is 0 Å². The van der Waals surface area contributed by atoms with E-state index in [1.54, 1.807) is 12.1 Å². The predicted octanol–water partition coefficient (Wildman–Crippen LogP) is 1.23. The van der Waals surface area contributed by atoms with Crippen molar-refractivity contribution >= 4 is 11.6 Å². The van der Waals surface area contributed by atoms with Crippen molar-refractivity contribution in [1.29, 1.82) is 0 Å². The van der Waals surface area contributed by atoms with Crippen LogP contribution < -0.4 is 11.1 Å². The Morgan fingerprint density at radius 2 is 1.89 bits per heavy atom. The summed E-state index contributed by atoms with van der Waals surface area (Å²) in [4.78, 5) is 12.0. The largest absolute Gasteiger partial charge is 0.399 e. The topological polar surface area (TPSA) is 75.4 Å². The van der Waals surface area contributed by atoms with Gasteiger partial charge in [0.2, 0.25) is 5.91 Å². The Labute approximate surface area is 107 Å². The molecule has 0 aromatic heterocycles. The molecule has 4 heteroatoms. The van der Waals surface area contributed by atoms with E-state index in [0.717, 1.165) is 31.2 Å². The molecule has 1 aromatic carbocycles. The van der Waals surface area contributed by atoms with E-state index < -0.39 is 0 Å². The van der Waals surface area contributed by atoms with Crippen molar-refractivity contribution in [2.24, 2.45) is 0 Å². The highest BCUT2D eigenvalue weighted by Gasteiger charge is 2.34. The number of aliphatic hydroxyl groups is 1. The highest BCUT2D eigenvalue weighted by atomic mass is 16.3. The minimum absolute atomic E-state index is 0.0283. The van der Waals surface area contributed by atoms with Gasteiger partial charge in [0.25, 0.3) is 0 Å². The average molecular weight is 248 g/mol. The van der Waals surface area contributed by atoms with E-state index in [1.807, 2.05) is 12.1 Å². The first kappa shape index (κ1) is 12.9. The molecule has 1 saturated carbocycles. The van der Waals surface area contributed by atoms with E-state index in [2.05, 4.69) is 5.32 Å². The Morgan fingerprint density at radius 1 is 1.28 bits per heavy atom. The molecule has 0 aliphatic heterocycles. The summed E-state index contributed by atoms with van der Waals surface area (Å²) in [7, 11) is 0. The Bertz CT molecular complexity index is 408. The minimum atomic E-state index is -0.384. The lowest BCUT2D eigenvalue weighted by molar-refractivity contribution is -0.122. The van der Waals surface area contributed by atoms with Gasteiger partial charge in [-0.25, -0.2) is 0 Å². The molecule has 4 nitrogen and oxygen atoms in total. The van der Waals surface area contributed by atoms with E-state index in [-0.39, 0.29) is 18.1 Å². The number of anilines is 1. The third kappa shape index (κ3) is 3.01. The molecule has 4 N–H and O–H groups in total. The molecule has 0 unspecified atom stereocenters. The summed E-state index contributed by atoms with van der Waals surface area (Å²) in [5, 5.41) is 12.4. The number of rotatable bonds is 4. The normalized spacial score (nSPS) is 17.6. The Balaban J connectivity index is 1.94. The maximum atomic E-state index is 12.0. The first-order valence-electron chi connectivity index (χ1n) is 6.40. The molecule has 0 radical (unpaired) electrons. The maximum Gasteiger partial charge on any atom is 0.224 e. The summed E-state index contributed by atoms with van der Waals surface area (Å²) < 4.78 is 0. The zero-order chi connectivity index (χ0) is 13.0. The van der Waals surface area contributed by atoms with Gasteiger partial charge in [-0.05, 0) is 30.5 Å². The van der Waals surface area contributed by atoms with Crippen molar-refractivity contribution in [3.8, 4) is 0 Å². The SMILES string of the molecule is Nc1ccc(CC(=O)NC2(CO)CCCC2)cc1. The van der Waals surface area contributed by atoms with Gasteiger partial charge in [0.15, 0.2) is 0 Å². The monoisotopic (exact) mass is 248 g/mol. The van der Waals surface area contributed by atoms with Crippen molar-refractivity contribution in [2.75, 3.05) is 12.3 Å². The van der Waals surface area contributed by atoms with E-state index >= 15 is 0 Å². The van der Waals surface area contributed by atoms with E-state index in [4.69, 9.17) is 5.73 Å². The van der Waals surface area contributed by atoms with Gasteiger partial charge in [-0.2, -0.15) is 0 Å². The van der Waals surface area contributed by atoms with Crippen molar-refractivity contribution in [3.63, 3.8) is 0 Å². The molecular weight excluding hydrogens is 228 g/mol. The molecule has 0 atom stereocenters. The summed E-state index contributed by atoms with van der Waals surface area (Å²) in [6.07, 6.45) is 4.22. The number of hydrogen-bond donors (Lipinski definition) is 3. The number of nitrogen functional groups attached to an aromatic ring is 1. The lowest BCUT2D eigenvalue weighted by Gasteiger charge is -2.28. The van der Waals surface area contributed by atoms with Gasteiger partial charge < -0.3 is 16.2 Å². The lowest BCUT2D eigenvalue weighted by Crippen LogP contribution is -2.49. The molecule has 98 valence electrons. The molecule has 0 saturated heterocycles. The first-order chi connectivity index (χ1) is 8.63. The zero-order valence-electron chi connectivity index (χ0n) is 10.5. The summed E-state index contributed by atoms with van der Waals surface area (Å²) >= 11 is 0. The van der Waals surface area contributed by atoms with E-state index in [0.29, 0.717) is 12.1 Å². The van der Waals surface area contributed by atoms with Crippen LogP contribution in [-0.4, -0.2) is 23.2 Å². The molecule has 1 fully saturated rings. The number of hydrogen-bond acceptors (Lipinski definition) is 3. The first-order valence-corrected chi connectivity index (χ1v) is 6.40. The molecule has 1 aliphatic carbocycles. The molecule has 2 rings (SSSR count). The number of carbonyl (C=O) groups excluding carboxylic acids is 1. The number of benzene rings is 1. The van der Waals surface area contributed by atoms with Crippen LogP contribution in [0.15, 0.2) is 24.3 Å². The van der Waals surface area contributed by atoms with E-state index in [1.165, 1.54) is 0 Å². The lowest BCUT2D eigenvalue weighted by atomic mass is 9.98. The maximum absolute atomic E-state index is 12.0. The number of nitrogens with two attached hydrogens (primary N) is 1. The molecule has 0 bridgehead atoms. The van der Waals surface area contributed by atoms with Crippen LogP contribution in [0.3, 0.4) is 0 Å². The van der Waals surface area contributed by atoms with Gasteiger partial charge in [-0.15, -0.1) is 0 Å². The van der Waals surface area contributed by atoms with Crippen LogP contribution in [0.25, 0.3) is 0 Å². The number of amides is 1. The van der Waals surface area contributed by atoms with Gasteiger partial charge in [0.1, 0.15) is 0 Å². The predicted molar refractivity (Wildman–Crippen MR) is 71.0 cm³/mol. The second-order valence-corrected chi connectivity index (χ2v) is 5.11. The fourth-order valence-corrected chi connectivity index (χ4v) is 2.54. The second-order valence-electron chi connectivity index (χ2n) is 5.11. The standard InChI is InChI=1S/C14H20N2O2/c15-12-5-3-11(4-6-12)9-13(18)16-14(10-17)7-1-2-8-14/h3-6,17H,1-2,7-10,15H2,(H,16,18). The Morgan fingerprint density at radius 3 is 2.44 bits per heavy atom. The van der Waals surface area contributed by atoms with Crippen molar-refractivity contribution in [1.82, 2.24) is 5.32 Å². The molecule has 0 spiro atoms. The van der Waals surface area contributed by atoms with Crippen LogP contribution in [0.4, 0.5) is 5.69 Å². The molecule has 0 heterocycles. The van der Waals surface area contributed by atoms with Crippen molar-refractivity contribution in [2.45, 2.75) is 37.6 Å². The van der Waals surface area contributed by atoms with Crippen molar-refractivity contribution < 1.29 is 9.90 Å². The summed E-state index contributed by atoms with van der Waals surface area (Å²) in [6.45, 7) is 0.0283. The van der Waals surface area contributed by atoms with Gasteiger partial charge in [0.05, 0.1) is 18.6 Å². The highest BCUT2D eigenvalue weighted by molar-refractivity contribution is 5.79. The van der Waals surface area contributed by atoms with Crippen LogP contribution in [0.2, 0.25) is 0 Å². The second kappa shape index (κ2) is 5.40. The fourth-order valence-electron chi connectivity index (χ4n) is 2.54. The number of nitrogens with one attached hydrogen (secondary N) is 1. The van der Waals surface area contributed by atoms with Gasteiger partial charge in [0, 0.05) is 5.69 Å². The van der Waals surface area contributed by atoms with Crippen LogP contribution in [0.5, 0.6) is 0 Å². The van der Waals surface area contributed by atoms with Gasteiger partial charge in [-0.1, -0.05) is 25.0 Å². The van der Waals surface area contributed by atoms with Crippen LogP contribution in [0, 0.1) is 0 Å². The Kier molecular flexibility index (Phi) is 3.87. The third-order valence-corrected chi connectivity index (χ3v) is 3.61. The summed E-state index contributed by atoms with van der Waals surface area (Å²) in [5.74, 6) is -0.0317. The summed E-state index contributed by atoms with van der Waals surface area (Å²) in [6, 6.07) is 7.30. The third-order valence-electron chi connectivity index (χ3n) is 3.61. The van der Waals surface area contributed by atoms with Crippen LogP contribution >= 0.6 is 0 Å². The Hall–Kier alpha value is -1.55. The van der Waals surface area contributed by atoms with Gasteiger partial charge in [-0.3, -0.25) is 4.79 Å². The molecule has 1 aliphatic rings. The number of carbonyl (C=O) groups is 1. The molecule has 1 amide bonds. The van der Waals surface area contributed by atoms with Crippen LogP contribution in [-0.2, 0) is 11.2 Å². The summed E-state index contributed by atoms with van der Waals surface area (Å²) in [5.41, 5.74) is 6.85. The average Bonchev–Trinajstić information content (AvgIpc) is 2.81. The fraction of sp³-hybridized carbons (Fsp3) is 0.500.